The van der Waals surface area contributed by atoms with Gasteiger partial charge in [0.05, 0.1) is 6.42 Å². The molecule has 0 bridgehead atoms. The van der Waals surface area contributed by atoms with Crippen molar-refractivity contribution in [1.29, 1.82) is 0 Å². The van der Waals surface area contributed by atoms with Crippen molar-refractivity contribution in [1.82, 2.24) is 4.90 Å². The van der Waals surface area contributed by atoms with Crippen LogP contribution in [0.2, 0.25) is 0 Å². The lowest BCUT2D eigenvalue weighted by molar-refractivity contribution is -0.137. The van der Waals surface area contributed by atoms with E-state index in [1.807, 2.05) is 11.3 Å². The minimum atomic E-state index is -0.698. The van der Waals surface area contributed by atoms with Crippen LogP contribution in [0.15, 0.2) is 12.1 Å². The van der Waals surface area contributed by atoms with Gasteiger partial charge in [-0.1, -0.05) is 6.92 Å². The summed E-state index contributed by atoms with van der Waals surface area (Å²) >= 11 is 1.85. The monoisotopic (exact) mass is 253 g/mol. The third-order valence-corrected chi connectivity index (χ3v) is 4.32. The summed E-state index contributed by atoms with van der Waals surface area (Å²) < 4.78 is 0. The zero-order valence-electron chi connectivity index (χ0n) is 10.2. The van der Waals surface area contributed by atoms with Gasteiger partial charge in [-0.05, 0) is 31.4 Å². The molecule has 1 fully saturated rings. The van der Waals surface area contributed by atoms with Crippen LogP contribution in [0.5, 0.6) is 0 Å². The van der Waals surface area contributed by atoms with E-state index in [9.17, 15) is 4.79 Å². The lowest BCUT2D eigenvalue weighted by Crippen LogP contribution is -2.27. The molecule has 1 aromatic heterocycles. The fourth-order valence-corrected chi connectivity index (χ4v) is 2.95. The van der Waals surface area contributed by atoms with Crippen LogP contribution in [0.1, 0.15) is 35.9 Å². The largest absolute Gasteiger partial charge is 0.481 e. The third-order valence-electron chi connectivity index (χ3n) is 3.10. The summed E-state index contributed by atoms with van der Waals surface area (Å²) in [4.78, 5) is 15.7. The van der Waals surface area contributed by atoms with Gasteiger partial charge in [0.1, 0.15) is 0 Å². The van der Waals surface area contributed by atoms with Crippen LogP contribution < -0.4 is 0 Å². The Bertz CT molecular complexity index is 385. The maximum absolute atomic E-state index is 10.6. The summed E-state index contributed by atoms with van der Waals surface area (Å²) in [5.74, 6) is -0.698. The van der Waals surface area contributed by atoms with Crippen molar-refractivity contribution in [3.63, 3.8) is 0 Å². The molecule has 1 saturated carbocycles. The fraction of sp³-hybridized carbons (Fsp3) is 0.615. The van der Waals surface area contributed by atoms with Gasteiger partial charge in [0.2, 0.25) is 0 Å². The van der Waals surface area contributed by atoms with Crippen LogP contribution in [-0.2, 0) is 17.8 Å². The average Bonchev–Trinajstić information content (AvgIpc) is 3.04. The molecule has 1 aliphatic carbocycles. The number of rotatable bonds is 7. The van der Waals surface area contributed by atoms with E-state index in [1.54, 1.807) is 0 Å². The smallest absolute Gasteiger partial charge is 0.304 e. The van der Waals surface area contributed by atoms with E-state index >= 15 is 0 Å². The minimum Gasteiger partial charge on any atom is -0.481 e. The summed E-state index contributed by atoms with van der Waals surface area (Å²) in [5, 5.41) is 8.75. The molecule has 1 N–H and O–H groups in total. The molecule has 0 spiro atoms. The Kier molecular flexibility index (Phi) is 4.18. The third kappa shape index (κ3) is 3.82. The van der Waals surface area contributed by atoms with Crippen molar-refractivity contribution >= 4 is 17.3 Å². The first-order valence-electron chi connectivity index (χ1n) is 6.22. The maximum Gasteiger partial charge on any atom is 0.304 e. The van der Waals surface area contributed by atoms with Gasteiger partial charge in [0.15, 0.2) is 0 Å². The molecule has 0 aromatic carbocycles. The van der Waals surface area contributed by atoms with Gasteiger partial charge in [-0.25, -0.2) is 0 Å². The molecule has 0 aliphatic heterocycles. The predicted molar refractivity (Wildman–Crippen MR) is 69.4 cm³/mol. The number of aryl methyl sites for hydroxylation is 1. The van der Waals surface area contributed by atoms with E-state index < -0.39 is 5.97 Å². The van der Waals surface area contributed by atoms with Gasteiger partial charge in [-0.2, -0.15) is 0 Å². The molecule has 94 valence electrons. The normalized spacial score (nSPS) is 15.4. The summed E-state index contributed by atoms with van der Waals surface area (Å²) in [5.41, 5.74) is 0. The highest BCUT2D eigenvalue weighted by Gasteiger charge is 2.29. The highest BCUT2D eigenvalue weighted by Crippen LogP contribution is 2.30. The van der Waals surface area contributed by atoms with Crippen molar-refractivity contribution in [3.8, 4) is 0 Å². The van der Waals surface area contributed by atoms with Gasteiger partial charge < -0.3 is 5.11 Å². The summed E-state index contributed by atoms with van der Waals surface area (Å²) in [6, 6.07) is 4.99. The number of aliphatic carboxylic acids is 1. The van der Waals surface area contributed by atoms with Crippen molar-refractivity contribution in [3.05, 3.63) is 21.9 Å². The second kappa shape index (κ2) is 5.65. The quantitative estimate of drug-likeness (QED) is 0.812. The molecule has 0 saturated heterocycles. The Morgan fingerprint density at radius 2 is 2.18 bits per heavy atom. The van der Waals surface area contributed by atoms with Gasteiger partial charge in [0.25, 0.3) is 0 Å². The molecule has 0 radical (unpaired) electrons. The van der Waals surface area contributed by atoms with Gasteiger partial charge in [0, 0.05) is 28.9 Å². The van der Waals surface area contributed by atoms with Crippen LogP contribution in [0.4, 0.5) is 0 Å². The summed E-state index contributed by atoms with van der Waals surface area (Å²) in [6.07, 6.45) is 3.79. The molecular formula is C13H19NO2S. The maximum atomic E-state index is 10.6. The lowest BCUT2D eigenvalue weighted by atomic mass is 10.3. The van der Waals surface area contributed by atoms with E-state index in [0.29, 0.717) is 12.6 Å². The number of carboxylic acid groups (broad SMARTS) is 1. The minimum absolute atomic E-state index is 0.252. The van der Waals surface area contributed by atoms with Crippen LogP contribution in [-0.4, -0.2) is 28.6 Å². The molecule has 0 unspecified atom stereocenters. The summed E-state index contributed by atoms with van der Waals surface area (Å²) in [6.45, 7) is 3.76. The Balaban J connectivity index is 1.90. The number of thiophene rings is 1. The van der Waals surface area contributed by atoms with Crippen LogP contribution in [0.25, 0.3) is 0 Å². The van der Waals surface area contributed by atoms with Crippen molar-refractivity contribution in [2.45, 2.75) is 45.2 Å². The Hall–Kier alpha value is -0.870. The first-order chi connectivity index (χ1) is 8.19. The zero-order valence-corrected chi connectivity index (χ0v) is 11.0. The van der Waals surface area contributed by atoms with Gasteiger partial charge >= 0.3 is 5.97 Å². The second-order valence-electron chi connectivity index (χ2n) is 4.57. The molecule has 1 heterocycles. The number of nitrogens with zero attached hydrogens (tertiary/aromatic N) is 1. The van der Waals surface area contributed by atoms with Gasteiger partial charge in [-0.15, -0.1) is 11.3 Å². The Labute approximate surface area is 106 Å². The van der Waals surface area contributed by atoms with Crippen LogP contribution in [0, 0.1) is 0 Å². The van der Waals surface area contributed by atoms with Crippen LogP contribution >= 0.6 is 11.3 Å². The topological polar surface area (TPSA) is 40.5 Å². The van der Waals surface area contributed by atoms with E-state index in [4.69, 9.17) is 5.11 Å². The zero-order chi connectivity index (χ0) is 12.3. The highest BCUT2D eigenvalue weighted by molar-refractivity contribution is 7.11. The number of hydrogen-bond acceptors (Lipinski definition) is 3. The Morgan fingerprint density at radius 3 is 2.71 bits per heavy atom. The average molecular weight is 253 g/mol. The number of carbonyl (C=O) groups is 1. The molecule has 17 heavy (non-hydrogen) atoms. The predicted octanol–water partition coefficient (Wildman–Crippen LogP) is 2.75. The fourth-order valence-electron chi connectivity index (χ4n) is 1.97. The molecule has 0 amide bonds. The molecule has 3 nitrogen and oxygen atoms in total. The Morgan fingerprint density at radius 1 is 1.47 bits per heavy atom. The second-order valence-corrected chi connectivity index (χ2v) is 5.82. The first-order valence-corrected chi connectivity index (χ1v) is 7.04. The van der Waals surface area contributed by atoms with E-state index in [2.05, 4.69) is 24.0 Å². The van der Waals surface area contributed by atoms with Crippen molar-refractivity contribution in [2.24, 2.45) is 0 Å². The standard InChI is InChI=1S/C13H19NO2S/c1-2-11-5-6-12(17-11)9-14(10-3-4-10)8-7-13(15)16/h5-6,10H,2-4,7-9H2,1H3,(H,15,16). The highest BCUT2D eigenvalue weighted by atomic mass is 32.1. The number of carboxylic acids is 1. The molecule has 0 atom stereocenters. The van der Waals surface area contributed by atoms with Gasteiger partial charge in [-0.3, -0.25) is 9.69 Å². The lowest BCUT2D eigenvalue weighted by Gasteiger charge is -2.20. The molecule has 4 heteroatoms. The van der Waals surface area contributed by atoms with Crippen molar-refractivity contribution in [2.75, 3.05) is 6.54 Å². The van der Waals surface area contributed by atoms with E-state index in [0.717, 1.165) is 13.0 Å². The SMILES string of the molecule is CCc1ccc(CN(CCC(=O)O)C2CC2)s1. The van der Waals surface area contributed by atoms with Crippen LogP contribution in [0.3, 0.4) is 0 Å². The van der Waals surface area contributed by atoms with E-state index in [-0.39, 0.29) is 6.42 Å². The summed E-state index contributed by atoms with van der Waals surface area (Å²) in [7, 11) is 0. The number of hydrogen-bond donors (Lipinski definition) is 1. The molecule has 2 rings (SSSR count). The van der Waals surface area contributed by atoms with Crippen molar-refractivity contribution < 1.29 is 9.90 Å². The molecule has 1 aromatic rings. The molecule has 1 aliphatic rings. The van der Waals surface area contributed by atoms with E-state index in [1.165, 1.54) is 22.6 Å². The molecular weight excluding hydrogens is 234 g/mol. The first kappa shape index (κ1) is 12.6.